The van der Waals surface area contributed by atoms with Gasteiger partial charge in [0, 0.05) is 31.5 Å². The second-order valence-corrected chi connectivity index (χ2v) is 7.56. The number of hydrogen-bond acceptors (Lipinski definition) is 3. The fourth-order valence-corrected chi connectivity index (χ4v) is 4.31. The van der Waals surface area contributed by atoms with Crippen molar-refractivity contribution in [3.63, 3.8) is 0 Å². The number of piperidine rings is 1. The van der Waals surface area contributed by atoms with Gasteiger partial charge in [-0.1, -0.05) is 21.9 Å². The standard InChI is InChI=1S/C15H19N3O3S/c1-12-2-4-14(5-3-12)22(20,21)17-9-6-13(7-10-17)18-11-8-16-15(18)19/h2-5,8,11,13H,6-7,9-10H2,1H3,(H-,16,19,20,21). The van der Waals surface area contributed by atoms with Crippen molar-refractivity contribution in [1.82, 2.24) is 13.9 Å². The number of nitrogens with one attached hydrogen (secondary N) is 1. The largest absolute Gasteiger partial charge is 0.593 e. The maximum atomic E-state index is 12.6. The van der Waals surface area contributed by atoms with E-state index >= 15 is 0 Å². The lowest BCUT2D eigenvalue weighted by Gasteiger charge is -2.33. The highest BCUT2D eigenvalue weighted by molar-refractivity contribution is 7.95. The van der Waals surface area contributed by atoms with Crippen LogP contribution in [0.2, 0.25) is 0 Å². The minimum Gasteiger partial charge on any atom is -0.593 e. The van der Waals surface area contributed by atoms with Crippen LogP contribution in [0.5, 0.6) is 0 Å². The lowest BCUT2D eigenvalue weighted by molar-refractivity contribution is 0.253. The first-order valence-electron chi connectivity index (χ1n) is 7.31. The van der Waals surface area contributed by atoms with Gasteiger partial charge in [0.25, 0.3) is 0 Å². The Morgan fingerprint density at radius 1 is 1.23 bits per heavy atom. The molecule has 0 spiro atoms. The fraction of sp³-hybridized carbons (Fsp3) is 0.400. The highest BCUT2D eigenvalue weighted by Crippen LogP contribution is 2.28. The zero-order valence-corrected chi connectivity index (χ0v) is 13.2. The van der Waals surface area contributed by atoms with Gasteiger partial charge in [-0.3, -0.25) is 4.57 Å². The molecule has 0 radical (unpaired) electrons. The molecule has 1 saturated heterocycles. The number of aryl methyl sites for hydroxylation is 1. The molecule has 0 aliphatic carbocycles. The summed E-state index contributed by atoms with van der Waals surface area (Å²) in [5, 5.41) is 0. The Morgan fingerprint density at radius 3 is 2.41 bits per heavy atom. The van der Waals surface area contributed by atoms with Crippen molar-refractivity contribution in [1.29, 1.82) is 0 Å². The summed E-state index contributed by atoms with van der Waals surface area (Å²) in [6.07, 6.45) is 4.61. The van der Waals surface area contributed by atoms with Gasteiger partial charge in [-0.25, -0.2) is 4.79 Å². The Bertz CT molecular complexity index is 742. The monoisotopic (exact) mass is 321 g/mol. The van der Waals surface area contributed by atoms with E-state index in [2.05, 4.69) is 4.98 Å². The maximum absolute atomic E-state index is 12.6. The molecule has 0 saturated carbocycles. The van der Waals surface area contributed by atoms with Gasteiger partial charge in [0.1, 0.15) is 0 Å². The molecule has 22 heavy (non-hydrogen) atoms. The molecular weight excluding hydrogens is 302 g/mol. The molecule has 1 aromatic heterocycles. The van der Waals surface area contributed by atoms with Crippen molar-refractivity contribution in [2.24, 2.45) is 0 Å². The van der Waals surface area contributed by atoms with Crippen molar-refractivity contribution in [2.75, 3.05) is 13.1 Å². The number of imidazole rings is 1. The van der Waals surface area contributed by atoms with Crippen LogP contribution >= 0.6 is 0 Å². The lowest BCUT2D eigenvalue weighted by atomic mass is 10.1. The molecule has 1 aliphatic rings. The molecule has 6 nitrogen and oxygen atoms in total. The van der Waals surface area contributed by atoms with Crippen molar-refractivity contribution in [3.05, 3.63) is 52.7 Å². The molecule has 1 aliphatic heterocycles. The first kappa shape index (κ1) is 15.2. The van der Waals surface area contributed by atoms with E-state index in [1.807, 2.05) is 6.92 Å². The molecule has 1 fully saturated rings. The average Bonchev–Trinajstić information content (AvgIpc) is 2.94. The molecular formula is C15H19N3O3S. The summed E-state index contributed by atoms with van der Waals surface area (Å²) in [6.45, 7) is 2.79. The lowest BCUT2D eigenvalue weighted by Crippen LogP contribution is -2.43. The molecule has 2 aromatic rings. The van der Waals surface area contributed by atoms with Crippen LogP contribution in [0.4, 0.5) is 0 Å². The van der Waals surface area contributed by atoms with Crippen molar-refractivity contribution >= 4 is 10.4 Å². The van der Waals surface area contributed by atoms with Crippen LogP contribution in [0.3, 0.4) is 0 Å². The molecule has 2 heterocycles. The molecule has 7 heteroatoms. The fourth-order valence-electron chi connectivity index (χ4n) is 2.84. The number of hydrogen-bond donors (Lipinski definition) is 1. The Morgan fingerprint density at radius 2 is 1.86 bits per heavy atom. The van der Waals surface area contributed by atoms with Gasteiger partial charge < -0.3 is 9.54 Å². The first-order chi connectivity index (χ1) is 10.5. The second-order valence-electron chi connectivity index (χ2n) is 5.62. The predicted octanol–water partition coefficient (Wildman–Crippen LogP) is 1.73. The van der Waals surface area contributed by atoms with Crippen LogP contribution < -0.4 is 5.69 Å². The van der Waals surface area contributed by atoms with E-state index in [0.717, 1.165) is 5.56 Å². The zero-order chi connectivity index (χ0) is 15.7. The maximum Gasteiger partial charge on any atom is 0.325 e. The second kappa shape index (κ2) is 5.83. The summed E-state index contributed by atoms with van der Waals surface area (Å²) in [5.74, 6) is 0. The van der Waals surface area contributed by atoms with Crippen LogP contribution in [-0.4, -0.2) is 31.5 Å². The minimum absolute atomic E-state index is 0.0585. The molecule has 0 amide bonds. The summed E-state index contributed by atoms with van der Waals surface area (Å²) in [4.78, 5) is 14.6. The summed E-state index contributed by atoms with van der Waals surface area (Å²) in [5.41, 5.74) is 0.893. The van der Waals surface area contributed by atoms with Gasteiger partial charge in [0.05, 0.1) is 0 Å². The van der Waals surface area contributed by atoms with Gasteiger partial charge in [-0.2, -0.15) is 0 Å². The number of sulfonamides is 1. The number of benzene rings is 1. The van der Waals surface area contributed by atoms with Gasteiger partial charge >= 0.3 is 5.69 Å². The Labute approximate surface area is 130 Å². The predicted molar refractivity (Wildman–Crippen MR) is 83.2 cm³/mol. The molecule has 1 unspecified atom stereocenters. The minimum atomic E-state index is -3.44. The number of aromatic nitrogens is 2. The number of aromatic amines is 1. The van der Waals surface area contributed by atoms with Gasteiger partial charge in [0.15, 0.2) is 15.3 Å². The Hall–Kier alpha value is -1.70. The van der Waals surface area contributed by atoms with E-state index < -0.39 is 10.4 Å². The third-order valence-electron chi connectivity index (χ3n) is 4.15. The van der Waals surface area contributed by atoms with E-state index in [0.29, 0.717) is 30.8 Å². The highest BCUT2D eigenvalue weighted by atomic mass is 32.3. The SMILES string of the molecule is Cc1ccc([S+](=O)([O-])N2CCC(n3cc[nH]c3=O)CC2)cc1. The molecule has 1 aromatic carbocycles. The molecule has 1 N–H and O–H groups in total. The van der Waals surface area contributed by atoms with Crippen molar-refractivity contribution in [2.45, 2.75) is 30.7 Å². The highest BCUT2D eigenvalue weighted by Gasteiger charge is 2.34. The van der Waals surface area contributed by atoms with Crippen LogP contribution in [0.1, 0.15) is 24.4 Å². The molecule has 118 valence electrons. The number of rotatable bonds is 3. The van der Waals surface area contributed by atoms with E-state index in [1.54, 1.807) is 41.2 Å². The van der Waals surface area contributed by atoms with Gasteiger partial charge in [-0.05, 0) is 31.9 Å². The quantitative estimate of drug-likeness (QED) is 0.874. The number of H-pyrrole nitrogens is 1. The summed E-state index contributed by atoms with van der Waals surface area (Å²) in [7, 11) is -3.44. The third-order valence-corrected chi connectivity index (χ3v) is 6.06. The van der Waals surface area contributed by atoms with E-state index in [4.69, 9.17) is 0 Å². The van der Waals surface area contributed by atoms with Crippen molar-refractivity contribution < 1.29 is 8.76 Å². The first-order valence-corrected chi connectivity index (χ1v) is 8.75. The molecule has 0 bridgehead atoms. The molecule has 1 atom stereocenters. The van der Waals surface area contributed by atoms with Crippen molar-refractivity contribution in [3.8, 4) is 0 Å². The van der Waals surface area contributed by atoms with E-state index in [1.165, 1.54) is 4.31 Å². The Balaban J connectivity index is 1.73. The van der Waals surface area contributed by atoms with Gasteiger partial charge in [0.2, 0.25) is 0 Å². The Kier molecular flexibility index (Phi) is 4.03. The molecule has 3 rings (SSSR count). The average molecular weight is 321 g/mol. The normalized spacial score (nSPS) is 19.9. The van der Waals surface area contributed by atoms with E-state index in [-0.39, 0.29) is 11.7 Å². The van der Waals surface area contributed by atoms with E-state index in [9.17, 15) is 13.6 Å². The summed E-state index contributed by atoms with van der Waals surface area (Å²) < 4.78 is 28.4. The van der Waals surface area contributed by atoms with Crippen LogP contribution in [0.25, 0.3) is 0 Å². The number of nitrogens with zero attached hydrogens (tertiary/aromatic N) is 2. The third kappa shape index (κ3) is 2.79. The van der Waals surface area contributed by atoms with Crippen LogP contribution in [-0.2, 0) is 14.6 Å². The van der Waals surface area contributed by atoms with Crippen LogP contribution in [0, 0.1) is 6.92 Å². The smallest absolute Gasteiger partial charge is 0.325 e. The summed E-state index contributed by atoms with van der Waals surface area (Å²) >= 11 is 0. The summed E-state index contributed by atoms with van der Waals surface area (Å²) in [6, 6.07) is 6.96. The zero-order valence-electron chi connectivity index (χ0n) is 12.4. The van der Waals surface area contributed by atoms with Crippen LogP contribution in [0.15, 0.2) is 46.3 Å². The topological polar surface area (TPSA) is 81.2 Å². The van der Waals surface area contributed by atoms with Gasteiger partial charge in [-0.15, -0.1) is 4.31 Å².